The van der Waals surface area contributed by atoms with Crippen LogP contribution in [-0.4, -0.2) is 41.6 Å². The van der Waals surface area contributed by atoms with Crippen LogP contribution in [0.15, 0.2) is 0 Å². The van der Waals surface area contributed by atoms with Crippen LogP contribution in [0.3, 0.4) is 0 Å². The fraction of sp³-hybridized carbons (Fsp3) is 1.00. The van der Waals surface area contributed by atoms with Gasteiger partial charge in [0.2, 0.25) is 0 Å². The Balaban J connectivity index is 4.14. The Bertz CT molecular complexity index is 344. The highest BCUT2D eigenvalue weighted by Crippen LogP contribution is 2.09. The van der Waals surface area contributed by atoms with Crippen LogP contribution in [0, 0.1) is 0 Å². The molecule has 0 saturated carbocycles. The zero-order valence-corrected chi connectivity index (χ0v) is 10.8. The van der Waals surface area contributed by atoms with Crippen molar-refractivity contribution in [3.05, 3.63) is 0 Å². The molecule has 0 aliphatic carbocycles. The second-order valence-corrected chi connectivity index (χ2v) is 6.66. The first-order valence-electron chi connectivity index (χ1n) is 4.26. The van der Waals surface area contributed by atoms with E-state index in [1.165, 1.54) is 13.8 Å². The summed E-state index contributed by atoms with van der Waals surface area (Å²) in [5, 5.41) is 0. The van der Waals surface area contributed by atoms with Crippen molar-refractivity contribution >= 4 is 20.2 Å². The minimum atomic E-state index is -3.52. The van der Waals surface area contributed by atoms with E-state index >= 15 is 0 Å². The Morgan fingerprint density at radius 2 is 1.13 bits per heavy atom. The number of hydrogen-bond donors (Lipinski definition) is 0. The predicted molar refractivity (Wildman–Crippen MR) is 55.4 cm³/mol. The van der Waals surface area contributed by atoms with Gasteiger partial charge in [-0.1, -0.05) is 0 Å². The molecule has 0 aromatic carbocycles. The maximum atomic E-state index is 10.7. The van der Waals surface area contributed by atoms with Gasteiger partial charge in [0.1, 0.15) is 0 Å². The highest BCUT2D eigenvalue weighted by molar-refractivity contribution is 7.86. The molecule has 15 heavy (non-hydrogen) atoms. The third-order valence-electron chi connectivity index (χ3n) is 1.34. The molecule has 0 aromatic rings. The number of hydrogen-bond acceptors (Lipinski definition) is 6. The minimum Gasteiger partial charge on any atom is -0.267 e. The summed E-state index contributed by atoms with van der Waals surface area (Å²) >= 11 is 0. The Kier molecular flexibility index (Phi) is 5.18. The summed E-state index contributed by atoms with van der Waals surface area (Å²) in [6.07, 6.45) is 0.825. The predicted octanol–water partition coefficient (Wildman–Crippen LogP) is 0.106. The lowest BCUT2D eigenvalue weighted by atomic mass is 10.2. The van der Waals surface area contributed by atoms with E-state index in [9.17, 15) is 16.8 Å². The zero-order chi connectivity index (χ0) is 12.3. The van der Waals surface area contributed by atoms with Crippen LogP contribution in [0.5, 0.6) is 0 Å². The monoisotopic (exact) mass is 260 g/mol. The minimum absolute atomic E-state index is 0.181. The average Bonchev–Trinajstić information content (AvgIpc) is 1.73. The molecule has 2 atom stereocenters. The molecule has 0 amide bonds. The van der Waals surface area contributed by atoms with Crippen molar-refractivity contribution < 1.29 is 25.2 Å². The molecule has 6 nitrogen and oxygen atoms in total. The van der Waals surface area contributed by atoms with Crippen molar-refractivity contribution in [2.45, 2.75) is 32.5 Å². The summed E-state index contributed by atoms with van der Waals surface area (Å²) in [5.74, 6) is 0. The molecule has 0 heterocycles. The van der Waals surface area contributed by atoms with Gasteiger partial charge in [0.25, 0.3) is 20.2 Å². The van der Waals surface area contributed by atoms with Crippen LogP contribution in [0.1, 0.15) is 20.3 Å². The Labute approximate surface area is 90.8 Å². The molecule has 0 fully saturated rings. The van der Waals surface area contributed by atoms with E-state index in [2.05, 4.69) is 8.37 Å². The van der Waals surface area contributed by atoms with Crippen LogP contribution < -0.4 is 0 Å². The Morgan fingerprint density at radius 1 is 0.867 bits per heavy atom. The Morgan fingerprint density at radius 3 is 1.33 bits per heavy atom. The second kappa shape index (κ2) is 5.24. The van der Waals surface area contributed by atoms with Crippen molar-refractivity contribution in [1.82, 2.24) is 0 Å². The molecule has 0 aromatic heterocycles. The summed E-state index contributed by atoms with van der Waals surface area (Å²) < 4.78 is 52.1. The first kappa shape index (κ1) is 14.8. The molecule has 0 radical (unpaired) electrons. The van der Waals surface area contributed by atoms with Crippen LogP contribution in [0.2, 0.25) is 0 Å². The van der Waals surface area contributed by atoms with Gasteiger partial charge in [-0.15, -0.1) is 0 Å². The summed E-state index contributed by atoms with van der Waals surface area (Å²) in [7, 11) is -7.04. The molecular formula is C7H16O6S2. The first-order chi connectivity index (χ1) is 6.49. The van der Waals surface area contributed by atoms with Gasteiger partial charge in [0.05, 0.1) is 24.7 Å². The maximum absolute atomic E-state index is 10.7. The Hall–Kier alpha value is -0.180. The van der Waals surface area contributed by atoms with E-state index in [4.69, 9.17) is 0 Å². The van der Waals surface area contributed by atoms with Crippen LogP contribution >= 0.6 is 0 Å². The van der Waals surface area contributed by atoms with E-state index in [-0.39, 0.29) is 6.42 Å². The van der Waals surface area contributed by atoms with Crippen molar-refractivity contribution in [2.24, 2.45) is 0 Å². The second-order valence-electron chi connectivity index (χ2n) is 3.46. The van der Waals surface area contributed by atoms with Crippen LogP contribution in [-0.2, 0) is 28.6 Å². The lowest BCUT2D eigenvalue weighted by Gasteiger charge is -2.15. The summed E-state index contributed by atoms with van der Waals surface area (Å²) in [5.41, 5.74) is 0. The molecule has 0 aliphatic rings. The SMILES string of the molecule is C[C@@H](C[C@H](C)OS(C)(=O)=O)OS(C)(=O)=O. The first-order valence-corrected chi connectivity index (χ1v) is 7.89. The molecule has 0 saturated heterocycles. The van der Waals surface area contributed by atoms with E-state index in [0.29, 0.717) is 0 Å². The summed E-state index contributed by atoms with van der Waals surface area (Å²) in [6, 6.07) is 0. The van der Waals surface area contributed by atoms with Gasteiger partial charge >= 0.3 is 0 Å². The fourth-order valence-electron chi connectivity index (χ4n) is 1.14. The molecule has 92 valence electrons. The van der Waals surface area contributed by atoms with Gasteiger partial charge in [0, 0.05) is 6.42 Å². The lowest BCUT2D eigenvalue weighted by Crippen LogP contribution is -2.22. The van der Waals surface area contributed by atoms with Gasteiger partial charge in [-0.2, -0.15) is 16.8 Å². The average molecular weight is 260 g/mol. The molecule has 0 aliphatic heterocycles. The molecule has 8 heteroatoms. The third-order valence-corrected chi connectivity index (χ3v) is 2.70. The molecular weight excluding hydrogens is 244 g/mol. The quantitative estimate of drug-likeness (QED) is 0.630. The van der Waals surface area contributed by atoms with Crippen molar-refractivity contribution in [2.75, 3.05) is 12.5 Å². The largest absolute Gasteiger partial charge is 0.267 e. The zero-order valence-electron chi connectivity index (χ0n) is 9.13. The molecule has 0 rings (SSSR count). The molecule has 0 bridgehead atoms. The van der Waals surface area contributed by atoms with E-state index in [0.717, 1.165) is 12.5 Å². The summed E-state index contributed by atoms with van der Waals surface area (Å²) in [6.45, 7) is 3.06. The van der Waals surface area contributed by atoms with Crippen molar-refractivity contribution in [3.8, 4) is 0 Å². The highest BCUT2D eigenvalue weighted by Gasteiger charge is 2.17. The topological polar surface area (TPSA) is 86.7 Å². The fourth-order valence-corrected chi connectivity index (χ4v) is 2.49. The lowest BCUT2D eigenvalue weighted by molar-refractivity contribution is 0.141. The van der Waals surface area contributed by atoms with E-state index < -0.39 is 32.4 Å². The maximum Gasteiger partial charge on any atom is 0.264 e. The normalized spacial score (nSPS) is 17.3. The summed E-state index contributed by atoms with van der Waals surface area (Å²) in [4.78, 5) is 0. The molecule has 0 N–H and O–H groups in total. The van der Waals surface area contributed by atoms with Gasteiger partial charge in [-0.05, 0) is 13.8 Å². The van der Waals surface area contributed by atoms with E-state index in [1.807, 2.05) is 0 Å². The molecule has 0 spiro atoms. The highest BCUT2D eigenvalue weighted by atomic mass is 32.2. The van der Waals surface area contributed by atoms with Gasteiger partial charge in [0.15, 0.2) is 0 Å². The molecule has 0 unspecified atom stereocenters. The van der Waals surface area contributed by atoms with Crippen LogP contribution in [0.25, 0.3) is 0 Å². The standard InChI is InChI=1S/C7H16O6S2/c1-6(12-14(3,8)9)5-7(2)13-15(4,10)11/h6-7H,5H2,1-4H3/t6-,7-/m0/s1. The van der Waals surface area contributed by atoms with Crippen molar-refractivity contribution in [3.63, 3.8) is 0 Å². The number of rotatable bonds is 6. The van der Waals surface area contributed by atoms with Gasteiger partial charge < -0.3 is 0 Å². The van der Waals surface area contributed by atoms with Gasteiger partial charge in [-0.25, -0.2) is 0 Å². The van der Waals surface area contributed by atoms with Crippen molar-refractivity contribution in [1.29, 1.82) is 0 Å². The van der Waals surface area contributed by atoms with Gasteiger partial charge in [-0.3, -0.25) is 8.37 Å². The van der Waals surface area contributed by atoms with Crippen LogP contribution in [0.4, 0.5) is 0 Å². The van der Waals surface area contributed by atoms with E-state index in [1.54, 1.807) is 0 Å². The smallest absolute Gasteiger partial charge is 0.264 e. The third kappa shape index (κ3) is 10.1.